The Bertz CT molecular complexity index is 227. The van der Waals surface area contributed by atoms with Crippen molar-refractivity contribution >= 4 is 10.8 Å². The minimum atomic E-state index is -0.729. The molecule has 2 N–H and O–H groups in total. The molecule has 0 fully saturated rings. The summed E-state index contributed by atoms with van der Waals surface area (Å²) in [5.41, 5.74) is 0. The van der Waals surface area contributed by atoms with Crippen LogP contribution in [0.4, 0.5) is 0 Å². The predicted octanol–water partition coefficient (Wildman–Crippen LogP) is 2.08. The van der Waals surface area contributed by atoms with Crippen LogP contribution in [0.1, 0.15) is 52.4 Å². The second-order valence-electron chi connectivity index (χ2n) is 5.13. The number of hydrogen-bond donors (Lipinski definition) is 2. The van der Waals surface area contributed by atoms with E-state index >= 15 is 0 Å². The maximum atomic E-state index is 11.2. The number of aliphatic hydroxyl groups is 1. The van der Waals surface area contributed by atoms with Crippen molar-refractivity contribution in [3.63, 3.8) is 0 Å². The molecule has 5 heteroatoms. The van der Waals surface area contributed by atoms with Gasteiger partial charge in [-0.3, -0.25) is 4.21 Å². The van der Waals surface area contributed by atoms with Gasteiger partial charge in [-0.25, -0.2) is 0 Å². The standard InChI is InChI=1S/C15H33NO3S/c1-3-5-6-7-8-9-11-19-14-15(17)13-16-10-12-20(18)4-2/h15-17H,3-14H2,1-2H3. The van der Waals surface area contributed by atoms with Crippen molar-refractivity contribution in [1.82, 2.24) is 5.32 Å². The van der Waals surface area contributed by atoms with Gasteiger partial charge in [-0.05, 0) is 6.42 Å². The molecule has 0 rings (SSSR count). The summed E-state index contributed by atoms with van der Waals surface area (Å²) < 4.78 is 16.6. The van der Waals surface area contributed by atoms with Gasteiger partial charge in [0, 0.05) is 42.0 Å². The third-order valence-corrected chi connectivity index (χ3v) is 4.46. The zero-order valence-electron chi connectivity index (χ0n) is 13.2. The smallest absolute Gasteiger partial charge is 0.0897 e. The van der Waals surface area contributed by atoms with E-state index in [0.29, 0.717) is 31.2 Å². The molecule has 20 heavy (non-hydrogen) atoms. The van der Waals surface area contributed by atoms with Crippen LogP contribution in [-0.2, 0) is 15.5 Å². The molecule has 0 bridgehead atoms. The van der Waals surface area contributed by atoms with Crippen LogP contribution in [0.2, 0.25) is 0 Å². The summed E-state index contributed by atoms with van der Waals surface area (Å²) in [6.45, 7) is 6.47. The molecule has 0 saturated heterocycles. The van der Waals surface area contributed by atoms with Crippen LogP contribution in [0.5, 0.6) is 0 Å². The minimum Gasteiger partial charge on any atom is -0.389 e. The largest absolute Gasteiger partial charge is 0.389 e. The Kier molecular flexibility index (Phi) is 15.4. The second kappa shape index (κ2) is 15.4. The lowest BCUT2D eigenvalue weighted by Gasteiger charge is -2.12. The Labute approximate surface area is 127 Å². The fraction of sp³-hybridized carbons (Fsp3) is 1.00. The van der Waals surface area contributed by atoms with Gasteiger partial charge in [0.25, 0.3) is 0 Å². The summed E-state index contributed by atoms with van der Waals surface area (Å²) in [6.07, 6.45) is 7.05. The monoisotopic (exact) mass is 307 g/mol. The van der Waals surface area contributed by atoms with E-state index in [1.807, 2.05) is 6.92 Å². The van der Waals surface area contributed by atoms with Crippen molar-refractivity contribution in [3.05, 3.63) is 0 Å². The van der Waals surface area contributed by atoms with Crippen LogP contribution in [0.3, 0.4) is 0 Å². The van der Waals surface area contributed by atoms with Crippen LogP contribution in [0.15, 0.2) is 0 Å². The van der Waals surface area contributed by atoms with Crippen molar-refractivity contribution in [2.75, 3.05) is 37.8 Å². The SMILES string of the molecule is CCCCCCCCOCC(O)CNCCS(=O)CC. The normalized spacial score (nSPS) is 14.3. The lowest BCUT2D eigenvalue weighted by Crippen LogP contribution is -2.32. The van der Waals surface area contributed by atoms with E-state index in [1.54, 1.807) is 0 Å². The van der Waals surface area contributed by atoms with Gasteiger partial charge in [0.05, 0.1) is 12.7 Å². The third-order valence-electron chi connectivity index (χ3n) is 3.16. The summed E-state index contributed by atoms with van der Waals surface area (Å²) in [7, 11) is -0.729. The molecule has 2 unspecified atom stereocenters. The number of unbranched alkanes of at least 4 members (excludes halogenated alkanes) is 5. The molecule has 0 aliphatic heterocycles. The van der Waals surface area contributed by atoms with E-state index in [1.165, 1.54) is 32.1 Å². The lowest BCUT2D eigenvalue weighted by molar-refractivity contribution is 0.0357. The molecule has 0 amide bonds. The molecule has 0 spiro atoms. The van der Waals surface area contributed by atoms with Crippen LogP contribution in [0.25, 0.3) is 0 Å². The highest BCUT2D eigenvalue weighted by Crippen LogP contribution is 2.04. The molecular formula is C15H33NO3S. The summed E-state index contributed by atoms with van der Waals surface area (Å²) >= 11 is 0. The molecule has 4 nitrogen and oxygen atoms in total. The zero-order chi connectivity index (χ0) is 15.1. The van der Waals surface area contributed by atoms with Gasteiger partial charge in [-0.15, -0.1) is 0 Å². The summed E-state index contributed by atoms with van der Waals surface area (Å²) in [5.74, 6) is 1.35. The van der Waals surface area contributed by atoms with Crippen LogP contribution >= 0.6 is 0 Å². The average Bonchev–Trinajstić information content (AvgIpc) is 2.46. The highest BCUT2D eigenvalue weighted by molar-refractivity contribution is 7.84. The summed E-state index contributed by atoms with van der Waals surface area (Å²) in [5, 5.41) is 12.8. The minimum absolute atomic E-state index is 0.388. The number of ether oxygens (including phenoxy) is 1. The fourth-order valence-corrected chi connectivity index (χ4v) is 2.52. The van der Waals surface area contributed by atoms with Gasteiger partial charge in [0.15, 0.2) is 0 Å². The van der Waals surface area contributed by atoms with E-state index in [2.05, 4.69) is 12.2 Å². The topological polar surface area (TPSA) is 58.6 Å². The first-order valence-corrected chi connectivity index (χ1v) is 9.51. The van der Waals surface area contributed by atoms with Crippen molar-refractivity contribution in [3.8, 4) is 0 Å². The first kappa shape index (κ1) is 20.0. The molecule has 0 aromatic heterocycles. The third kappa shape index (κ3) is 14.4. The number of hydrogen-bond acceptors (Lipinski definition) is 4. The van der Waals surface area contributed by atoms with Gasteiger partial charge >= 0.3 is 0 Å². The molecule has 122 valence electrons. The van der Waals surface area contributed by atoms with E-state index in [4.69, 9.17) is 4.74 Å². The van der Waals surface area contributed by atoms with E-state index in [9.17, 15) is 9.32 Å². The van der Waals surface area contributed by atoms with Crippen molar-refractivity contribution < 1.29 is 14.1 Å². The summed E-state index contributed by atoms with van der Waals surface area (Å²) in [4.78, 5) is 0. The highest BCUT2D eigenvalue weighted by atomic mass is 32.2. The Morgan fingerprint density at radius 2 is 1.85 bits per heavy atom. The molecular weight excluding hydrogens is 274 g/mol. The van der Waals surface area contributed by atoms with Gasteiger partial charge in [-0.1, -0.05) is 46.0 Å². The van der Waals surface area contributed by atoms with E-state index in [-0.39, 0.29) is 0 Å². The quantitative estimate of drug-likeness (QED) is 0.455. The van der Waals surface area contributed by atoms with Crippen molar-refractivity contribution in [2.24, 2.45) is 0 Å². The average molecular weight is 308 g/mol. The van der Waals surface area contributed by atoms with Gasteiger partial charge in [-0.2, -0.15) is 0 Å². The Balaban J connectivity index is 3.20. The lowest BCUT2D eigenvalue weighted by atomic mass is 10.1. The molecule has 0 radical (unpaired) electrons. The van der Waals surface area contributed by atoms with Crippen LogP contribution < -0.4 is 5.32 Å². The van der Waals surface area contributed by atoms with Gasteiger partial charge < -0.3 is 15.2 Å². The van der Waals surface area contributed by atoms with E-state index in [0.717, 1.165) is 13.0 Å². The molecule has 0 aliphatic rings. The molecule has 0 aliphatic carbocycles. The maximum absolute atomic E-state index is 11.2. The predicted molar refractivity (Wildman–Crippen MR) is 86.6 cm³/mol. The van der Waals surface area contributed by atoms with Crippen molar-refractivity contribution in [1.29, 1.82) is 0 Å². The fourth-order valence-electron chi connectivity index (χ4n) is 1.86. The first-order chi connectivity index (χ1) is 9.70. The zero-order valence-corrected chi connectivity index (χ0v) is 14.1. The molecule has 0 heterocycles. The second-order valence-corrected chi connectivity index (χ2v) is 7.00. The first-order valence-electron chi connectivity index (χ1n) is 8.02. The van der Waals surface area contributed by atoms with Gasteiger partial charge in [0.1, 0.15) is 0 Å². The molecule has 0 saturated carbocycles. The molecule has 0 aromatic rings. The van der Waals surface area contributed by atoms with E-state index < -0.39 is 16.9 Å². The Morgan fingerprint density at radius 1 is 1.15 bits per heavy atom. The number of nitrogens with one attached hydrogen (secondary N) is 1. The van der Waals surface area contributed by atoms with Crippen molar-refractivity contribution in [2.45, 2.75) is 58.5 Å². The summed E-state index contributed by atoms with van der Waals surface area (Å²) in [6, 6.07) is 0. The maximum Gasteiger partial charge on any atom is 0.0897 e. The Hall–Kier alpha value is 0.0300. The van der Waals surface area contributed by atoms with Crippen LogP contribution in [-0.4, -0.2) is 53.2 Å². The number of aliphatic hydroxyl groups excluding tert-OH is 1. The Morgan fingerprint density at radius 3 is 2.55 bits per heavy atom. The highest BCUT2D eigenvalue weighted by Gasteiger charge is 2.04. The molecule has 2 atom stereocenters. The van der Waals surface area contributed by atoms with Crippen LogP contribution in [0, 0.1) is 0 Å². The number of rotatable bonds is 15. The van der Waals surface area contributed by atoms with Gasteiger partial charge in [0.2, 0.25) is 0 Å². The molecule has 0 aromatic carbocycles.